The number of benzene rings is 2. The number of carbonyl (C=O) groups is 1. The van der Waals surface area contributed by atoms with Gasteiger partial charge in [0.05, 0.1) is 0 Å². The van der Waals surface area contributed by atoms with Crippen LogP contribution in [0, 0.1) is 11.3 Å². The van der Waals surface area contributed by atoms with Gasteiger partial charge >= 0.3 is 0 Å². The largest absolute Gasteiger partial charge is 0.289 e. The third kappa shape index (κ3) is 5.12. The van der Waals surface area contributed by atoms with E-state index < -0.39 is 0 Å². The van der Waals surface area contributed by atoms with Gasteiger partial charge in [-0.2, -0.15) is 0 Å². The molecule has 0 saturated heterocycles. The molecule has 2 aromatic rings. The minimum Gasteiger partial charge on any atom is -0.289 e. The van der Waals surface area contributed by atoms with Gasteiger partial charge < -0.3 is 0 Å². The normalized spacial score (nSPS) is 21.1. The summed E-state index contributed by atoms with van der Waals surface area (Å²) < 4.78 is 0. The number of allylic oxidation sites excluding steroid dienone is 2. The lowest BCUT2D eigenvalue weighted by molar-refractivity contribution is -0.113. The minimum absolute atomic E-state index is 0.124. The van der Waals surface area contributed by atoms with E-state index in [0.717, 1.165) is 35.1 Å². The van der Waals surface area contributed by atoms with Crippen LogP contribution in [0.25, 0.3) is 12.2 Å². The first kappa shape index (κ1) is 19.9. The van der Waals surface area contributed by atoms with E-state index in [0.29, 0.717) is 16.0 Å². The molecule has 0 heterocycles. The van der Waals surface area contributed by atoms with Gasteiger partial charge in [-0.3, -0.25) is 4.79 Å². The van der Waals surface area contributed by atoms with E-state index in [9.17, 15) is 4.79 Å². The predicted molar refractivity (Wildman–Crippen MR) is 116 cm³/mol. The van der Waals surface area contributed by atoms with E-state index in [2.05, 4.69) is 20.8 Å². The fraction of sp³-hybridized carbons (Fsp3) is 0.292. The summed E-state index contributed by atoms with van der Waals surface area (Å²) >= 11 is 12.0. The Kier molecular flexibility index (Phi) is 5.93. The van der Waals surface area contributed by atoms with Crippen molar-refractivity contribution >= 4 is 41.1 Å². The van der Waals surface area contributed by atoms with Gasteiger partial charge in [0.15, 0.2) is 5.78 Å². The Hall–Kier alpha value is -1.83. The molecule has 1 aliphatic rings. The number of hydrogen-bond acceptors (Lipinski definition) is 1. The number of halogens is 2. The summed E-state index contributed by atoms with van der Waals surface area (Å²) in [6.07, 6.45) is 5.60. The molecule has 0 bridgehead atoms. The van der Waals surface area contributed by atoms with Gasteiger partial charge in [0, 0.05) is 21.2 Å². The molecule has 0 atom stereocenters. The lowest BCUT2D eigenvalue weighted by Gasteiger charge is -2.35. The molecule has 1 fully saturated rings. The van der Waals surface area contributed by atoms with Crippen LogP contribution in [0.15, 0.2) is 59.7 Å². The number of ketones is 1. The van der Waals surface area contributed by atoms with Crippen molar-refractivity contribution in [2.45, 2.75) is 33.6 Å². The fourth-order valence-electron chi connectivity index (χ4n) is 3.38. The summed E-state index contributed by atoms with van der Waals surface area (Å²) in [5.74, 6) is 0.549. The highest BCUT2D eigenvalue weighted by Crippen LogP contribution is 2.42. The molecule has 2 aromatic carbocycles. The van der Waals surface area contributed by atoms with Crippen LogP contribution in [0.3, 0.4) is 0 Å². The zero-order valence-corrected chi connectivity index (χ0v) is 17.4. The number of hydrogen-bond donors (Lipinski definition) is 0. The highest BCUT2D eigenvalue weighted by Gasteiger charge is 2.34. The van der Waals surface area contributed by atoms with Crippen LogP contribution in [0.4, 0.5) is 0 Å². The van der Waals surface area contributed by atoms with Crippen molar-refractivity contribution in [1.29, 1.82) is 0 Å². The molecule has 0 amide bonds. The summed E-state index contributed by atoms with van der Waals surface area (Å²) in [6, 6.07) is 15.2. The Morgan fingerprint density at radius 3 is 1.48 bits per heavy atom. The second kappa shape index (κ2) is 8.04. The topological polar surface area (TPSA) is 17.1 Å². The average molecular weight is 399 g/mol. The number of Topliss-reactive ketones (excluding diaryl/α,β-unsaturated/α-hetero) is 1. The molecule has 3 heteroatoms. The van der Waals surface area contributed by atoms with Crippen molar-refractivity contribution in [2.75, 3.05) is 0 Å². The van der Waals surface area contributed by atoms with Crippen molar-refractivity contribution < 1.29 is 4.79 Å². The maximum Gasteiger partial charge on any atom is 0.185 e. The summed E-state index contributed by atoms with van der Waals surface area (Å²) in [7, 11) is 0. The minimum atomic E-state index is 0.124. The Morgan fingerprint density at radius 2 is 1.15 bits per heavy atom. The van der Waals surface area contributed by atoms with Crippen LogP contribution in [-0.4, -0.2) is 5.78 Å². The molecule has 1 saturated carbocycles. The van der Waals surface area contributed by atoms with Crippen LogP contribution in [0.2, 0.25) is 10.0 Å². The van der Waals surface area contributed by atoms with Crippen molar-refractivity contribution in [2.24, 2.45) is 11.3 Å². The molecule has 1 nitrogen and oxygen atoms in total. The van der Waals surface area contributed by atoms with Gasteiger partial charge in [-0.15, -0.1) is 0 Å². The molecule has 140 valence electrons. The molecular weight excluding hydrogens is 375 g/mol. The van der Waals surface area contributed by atoms with E-state index in [1.165, 1.54) is 0 Å². The smallest absolute Gasteiger partial charge is 0.185 e. The highest BCUT2D eigenvalue weighted by atomic mass is 35.5. The van der Waals surface area contributed by atoms with Gasteiger partial charge in [-0.25, -0.2) is 0 Å². The Morgan fingerprint density at radius 1 is 0.778 bits per heavy atom. The Balaban J connectivity index is 1.99. The molecule has 27 heavy (non-hydrogen) atoms. The lowest BCUT2D eigenvalue weighted by Crippen LogP contribution is -2.29. The van der Waals surface area contributed by atoms with E-state index in [1.807, 2.05) is 60.7 Å². The Labute approximate surface area is 171 Å². The molecule has 3 rings (SSSR count). The van der Waals surface area contributed by atoms with Crippen LogP contribution < -0.4 is 0 Å². The molecule has 0 N–H and O–H groups in total. The summed E-state index contributed by atoms with van der Waals surface area (Å²) in [5.41, 5.74) is 3.86. The number of carbonyl (C=O) groups excluding carboxylic acids is 1. The molecule has 1 aliphatic carbocycles. The molecule has 0 aliphatic heterocycles. The second-order valence-corrected chi connectivity index (χ2v) is 9.12. The average Bonchev–Trinajstić information content (AvgIpc) is 2.61. The predicted octanol–water partition coefficient (Wildman–Crippen LogP) is 7.49. The molecule has 0 spiro atoms. The summed E-state index contributed by atoms with van der Waals surface area (Å²) in [4.78, 5) is 13.2. The van der Waals surface area contributed by atoms with Crippen molar-refractivity contribution in [3.8, 4) is 0 Å². The van der Waals surface area contributed by atoms with Gasteiger partial charge in [-0.1, -0.05) is 68.2 Å². The van der Waals surface area contributed by atoms with Crippen molar-refractivity contribution in [1.82, 2.24) is 0 Å². The van der Waals surface area contributed by atoms with Crippen molar-refractivity contribution in [3.63, 3.8) is 0 Å². The molecule has 0 unspecified atom stereocenters. The third-order valence-corrected chi connectivity index (χ3v) is 5.67. The fourth-order valence-corrected chi connectivity index (χ4v) is 3.63. The monoisotopic (exact) mass is 398 g/mol. The molecule has 0 radical (unpaired) electrons. The number of rotatable bonds is 2. The van der Waals surface area contributed by atoms with Crippen LogP contribution in [0.5, 0.6) is 0 Å². The quantitative estimate of drug-likeness (QED) is 0.478. The maximum atomic E-state index is 13.2. The SMILES string of the molecule is CC(C)(C)C1C/C(=C/c2ccc(Cl)cc2)C(=O)/C(=C\c2ccc(Cl)cc2)C1. The van der Waals surface area contributed by atoms with Gasteiger partial charge in [0.2, 0.25) is 0 Å². The van der Waals surface area contributed by atoms with Gasteiger partial charge in [0.1, 0.15) is 0 Å². The maximum absolute atomic E-state index is 13.2. The van der Waals surface area contributed by atoms with E-state index in [1.54, 1.807) is 0 Å². The van der Waals surface area contributed by atoms with Gasteiger partial charge in [0.25, 0.3) is 0 Å². The van der Waals surface area contributed by atoms with Crippen LogP contribution in [-0.2, 0) is 4.79 Å². The Bertz CT molecular complexity index is 814. The first-order valence-electron chi connectivity index (χ1n) is 9.19. The standard InChI is InChI=1S/C24H24Cl2O/c1-24(2,3)20-14-18(12-16-4-8-21(25)9-5-16)23(27)19(15-20)13-17-6-10-22(26)11-7-17/h4-13,20H,14-15H2,1-3H3/b18-12-,19-13-. The van der Waals surface area contributed by atoms with Crippen LogP contribution in [0.1, 0.15) is 44.7 Å². The second-order valence-electron chi connectivity index (χ2n) is 8.24. The molecule has 0 aromatic heterocycles. The highest BCUT2D eigenvalue weighted by molar-refractivity contribution is 6.30. The van der Waals surface area contributed by atoms with Crippen LogP contribution >= 0.6 is 23.2 Å². The van der Waals surface area contributed by atoms with Gasteiger partial charge in [-0.05, 0) is 71.7 Å². The van der Waals surface area contributed by atoms with E-state index in [-0.39, 0.29) is 11.2 Å². The lowest BCUT2D eigenvalue weighted by atomic mass is 9.68. The third-order valence-electron chi connectivity index (χ3n) is 5.16. The first-order valence-corrected chi connectivity index (χ1v) is 9.95. The van der Waals surface area contributed by atoms with E-state index in [4.69, 9.17) is 23.2 Å². The first-order chi connectivity index (χ1) is 12.7. The summed E-state index contributed by atoms with van der Waals surface area (Å²) in [5, 5.41) is 1.39. The van der Waals surface area contributed by atoms with Crippen molar-refractivity contribution in [3.05, 3.63) is 80.8 Å². The zero-order chi connectivity index (χ0) is 19.6. The zero-order valence-electron chi connectivity index (χ0n) is 15.9. The van der Waals surface area contributed by atoms with E-state index >= 15 is 0 Å². The summed E-state index contributed by atoms with van der Waals surface area (Å²) in [6.45, 7) is 6.73. The molecular formula is C24H24Cl2O.